The first-order chi connectivity index (χ1) is 9.37. The minimum Gasteiger partial charge on any atom is -0.377 e. The second-order valence-corrected chi connectivity index (χ2v) is 6.71. The Kier molecular flexibility index (Phi) is 4.39. The highest BCUT2D eigenvalue weighted by molar-refractivity contribution is 7.90. The Morgan fingerprint density at radius 1 is 1.45 bits per heavy atom. The zero-order chi connectivity index (χ0) is 14.8. The van der Waals surface area contributed by atoms with Gasteiger partial charge in [0.05, 0.1) is 11.9 Å². The second-order valence-electron chi connectivity index (χ2n) is 4.95. The molecule has 1 amide bonds. The lowest BCUT2D eigenvalue weighted by Crippen LogP contribution is -2.36. The van der Waals surface area contributed by atoms with Crippen LogP contribution in [0, 0.1) is 13.8 Å². The maximum Gasteiger partial charge on any atom is 0.283 e. The standard InChI is InChI=1S/C13H18N2O4S/c1-9-5-6-12(14-10(9)2)13(16)15-20(17,18)8-11-4-3-7-19-11/h5-6,11H,3-4,7-8H2,1-2H3,(H,15,16)/t11-/m1/s1. The Morgan fingerprint density at radius 2 is 2.20 bits per heavy atom. The maximum absolute atomic E-state index is 11.9. The van der Waals surface area contributed by atoms with Gasteiger partial charge in [-0.1, -0.05) is 6.07 Å². The molecule has 7 heteroatoms. The number of aryl methyl sites for hydroxylation is 2. The first-order valence-corrected chi connectivity index (χ1v) is 8.13. The van der Waals surface area contributed by atoms with Crippen LogP contribution >= 0.6 is 0 Å². The minimum absolute atomic E-state index is 0.101. The summed E-state index contributed by atoms with van der Waals surface area (Å²) >= 11 is 0. The van der Waals surface area contributed by atoms with E-state index in [9.17, 15) is 13.2 Å². The van der Waals surface area contributed by atoms with Crippen molar-refractivity contribution >= 4 is 15.9 Å². The molecule has 1 aromatic heterocycles. The van der Waals surface area contributed by atoms with E-state index in [0.717, 1.165) is 12.0 Å². The molecule has 1 fully saturated rings. The van der Waals surface area contributed by atoms with Crippen molar-refractivity contribution in [2.45, 2.75) is 32.8 Å². The van der Waals surface area contributed by atoms with Crippen LogP contribution in [0.3, 0.4) is 0 Å². The lowest BCUT2D eigenvalue weighted by Gasteiger charge is -2.11. The van der Waals surface area contributed by atoms with Gasteiger partial charge in [-0.05, 0) is 38.3 Å². The summed E-state index contributed by atoms with van der Waals surface area (Å²) in [4.78, 5) is 16.0. The lowest BCUT2D eigenvalue weighted by molar-refractivity contribution is 0.0975. The number of carbonyl (C=O) groups is 1. The highest BCUT2D eigenvalue weighted by Gasteiger charge is 2.25. The van der Waals surface area contributed by atoms with Gasteiger partial charge in [-0.25, -0.2) is 18.1 Å². The van der Waals surface area contributed by atoms with E-state index in [1.807, 2.05) is 11.6 Å². The number of carbonyl (C=O) groups excluding carboxylic acids is 1. The molecule has 1 aliphatic rings. The average molecular weight is 298 g/mol. The van der Waals surface area contributed by atoms with Gasteiger partial charge in [0.2, 0.25) is 10.0 Å². The Balaban J connectivity index is 2.04. The van der Waals surface area contributed by atoms with E-state index in [-0.39, 0.29) is 17.6 Å². The van der Waals surface area contributed by atoms with Gasteiger partial charge in [-0.2, -0.15) is 0 Å². The molecule has 0 aliphatic carbocycles. The van der Waals surface area contributed by atoms with Crippen molar-refractivity contribution in [1.82, 2.24) is 9.71 Å². The fourth-order valence-corrected chi connectivity index (χ4v) is 3.24. The molecular weight excluding hydrogens is 280 g/mol. The molecule has 1 N–H and O–H groups in total. The quantitative estimate of drug-likeness (QED) is 0.894. The van der Waals surface area contributed by atoms with Crippen molar-refractivity contribution in [3.63, 3.8) is 0 Å². The molecule has 1 saturated heterocycles. The molecule has 1 aromatic rings. The summed E-state index contributed by atoms with van der Waals surface area (Å²) in [5, 5.41) is 0. The molecule has 0 bridgehead atoms. The van der Waals surface area contributed by atoms with E-state index in [1.165, 1.54) is 6.07 Å². The van der Waals surface area contributed by atoms with Crippen LogP contribution in [0.15, 0.2) is 12.1 Å². The third kappa shape index (κ3) is 3.77. The van der Waals surface area contributed by atoms with Crippen molar-refractivity contribution in [3.8, 4) is 0 Å². The fraction of sp³-hybridized carbons (Fsp3) is 0.538. The van der Waals surface area contributed by atoms with Gasteiger partial charge >= 0.3 is 0 Å². The van der Waals surface area contributed by atoms with Gasteiger partial charge < -0.3 is 4.74 Å². The summed E-state index contributed by atoms with van der Waals surface area (Å²) in [5.74, 6) is -0.894. The Bertz CT molecular complexity index is 607. The van der Waals surface area contributed by atoms with Crippen molar-refractivity contribution in [2.24, 2.45) is 0 Å². The number of pyridine rings is 1. The molecule has 6 nitrogen and oxygen atoms in total. The molecular formula is C13H18N2O4S. The van der Waals surface area contributed by atoms with Crippen molar-refractivity contribution in [3.05, 3.63) is 29.1 Å². The number of hydrogen-bond donors (Lipinski definition) is 1. The van der Waals surface area contributed by atoms with Crippen LogP contribution in [0.5, 0.6) is 0 Å². The number of nitrogens with one attached hydrogen (secondary N) is 1. The fourth-order valence-electron chi connectivity index (χ4n) is 2.01. The summed E-state index contributed by atoms with van der Waals surface area (Å²) in [7, 11) is -3.70. The molecule has 1 atom stereocenters. The van der Waals surface area contributed by atoms with Crippen LogP contribution in [0.1, 0.15) is 34.6 Å². The summed E-state index contributed by atoms with van der Waals surface area (Å²) < 4.78 is 31.1. The SMILES string of the molecule is Cc1ccc(C(=O)NS(=O)(=O)C[C@H]2CCCO2)nc1C. The van der Waals surface area contributed by atoms with Gasteiger partial charge in [0.1, 0.15) is 5.69 Å². The van der Waals surface area contributed by atoms with Crippen LogP contribution in [-0.4, -0.2) is 37.8 Å². The van der Waals surface area contributed by atoms with E-state index < -0.39 is 15.9 Å². The van der Waals surface area contributed by atoms with E-state index in [2.05, 4.69) is 4.98 Å². The number of hydrogen-bond acceptors (Lipinski definition) is 5. The zero-order valence-corrected chi connectivity index (χ0v) is 12.4. The van der Waals surface area contributed by atoms with Crippen LogP contribution in [-0.2, 0) is 14.8 Å². The zero-order valence-electron chi connectivity index (χ0n) is 11.5. The van der Waals surface area contributed by atoms with Gasteiger partial charge in [-0.15, -0.1) is 0 Å². The predicted molar refractivity (Wildman–Crippen MR) is 73.9 cm³/mol. The number of amides is 1. The second kappa shape index (κ2) is 5.88. The van der Waals surface area contributed by atoms with E-state index in [1.54, 1.807) is 13.0 Å². The Hall–Kier alpha value is -1.47. The van der Waals surface area contributed by atoms with E-state index in [0.29, 0.717) is 18.7 Å². The van der Waals surface area contributed by atoms with Crippen molar-refractivity contribution in [1.29, 1.82) is 0 Å². The van der Waals surface area contributed by atoms with Crippen LogP contribution in [0.4, 0.5) is 0 Å². The lowest BCUT2D eigenvalue weighted by atomic mass is 10.2. The summed E-state index contributed by atoms with van der Waals surface area (Å²) in [6, 6.07) is 3.25. The smallest absolute Gasteiger partial charge is 0.283 e. The molecule has 1 aliphatic heterocycles. The molecule has 0 saturated carbocycles. The van der Waals surface area contributed by atoms with Gasteiger partial charge in [0, 0.05) is 12.3 Å². The summed E-state index contributed by atoms with van der Waals surface area (Å²) in [5.41, 5.74) is 1.75. The molecule has 2 rings (SSSR count). The molecule has 110 valence electrons. The number of ether oxygens (including phenoxy) is 1. The number of aromatic nitrogens is 1. The van der Waals surface area contributed by atoms with Crippen LogP contribution in [0.2, 0.25) is 0 Å². The maximum atomic E-state index is 11.9. The predicted octanol–water partition coefficient (Wildman–Crippen LogP) is 0.937. The monoisotopic (exact) mass is 298 g/mol. The Labute approximate surface area is 118 Å². The molecule has 0 aromatic carbocycles. The average Bonchev–Trinajstić information content (AvgIpc) is 2.83. The van der Waals surface area contributed by atoms with Gasteiger partial charge in [0.15, 0.2) is 0 Å². The highest BCUT2D eigenvalue weighted by atomic mass is 32.2. The van der Waals surface area contributed by atoms with E-state index in [4.69, 9.17) is 4.74 Å². The van der Waals surface area contributed by atoms with E-state index >= 15 is 0 Å². The number of nitrogens with zero attached hydrogens (tertiary/aromatic N) is 1. The first-order valence-electron chi connectivity index (χ1n) is 6.48. The first kappa shape index (κ1) is 14.9. The summed E-state index contributed by atoms with van der Waals surface area (Å²) in [6.45, 7) is 4.22. The highest BCUT2D eigenvalue weighted by Crippen LogP contribution is 2.13. The molecule has 0 spiro atoms. The topological polar surface area (TPSA) is 85.4 Å². The summed E-state index contributed by atoms with van der Waals surface area (Å²) in [6.07, 6.45) is 1.23. The van der Waals surface area contributed by atoms with Gasteiger partial charge in [0.25, 0.3) is 5.91 Å². The number of sulfonamides is 1. The minimum atomic E-state index is -3.70. The van der Waals surface area contributed by atoms with Gasteiger partial charge in [-0.3, -0.25) is 4.79 Å². The Morgan fingerprint density at radius 3 is 2.80 bits per heavy atom. The molecule has 0 radical (unpaired) electrons. The normalized spacial score (nSPS) is 19.0. The van der Waals surface area contributed by atoms with Crippen LogP contribution < -0.4 is 4.72 Å². The molecule has 0 unspecified atom stereocenters. The van der Waals surface area contributed by atoms with Crippen molar-refractivity contribution in [2.75, 3.05) is 12.4 Å². The van der Waals surface area contributed by atoms with Crippen molar-refractivity contribution < 1.29 is 17.9 Å². The largest absolute Gasteiger partial charge is 0.377 e. The third-order valence-corrected chi connectivity index (χ3v) is 4.57. The molecule has 2 heterocycles. The third-order valence-electron chi connectivity index (χ3n) is 3.26. The molecule has 20 heavy (non-hydrogen) atoms. The van der Waals surface area contributed by atoms with Crippen LogP contribution in [0.25, 0.3) is 0 Å². The number of rotatable bonds is 4.